The third-order valence-electron chi connectivity index (χ3n) is 4.06. The average molecular weight is 343 g/mol. The summed E-state index contributed by atoms with van der Waals surface area (Å²) in [4.78, 5) is 2.08. The van der Waals surface area contributed by atoms with Gasteiger partial charge in [0.2, 0.25) is 0 Å². The van der Waals surface area contributed by atoms with Crippen LogP contribution in [0.25, 0.3) is 11.1 Å². The molecule has 4 heteroatoms. The molecule has 2 aromatic carbocycles. The first-order valence-corrected chi connectivity index (χ1v) is 8.61. The van der Waals surface area contributed by atoms with Gasteiger partial charge in [0.05, 0.1) is 25.5 Å². The third-order valence-corrected chi connectivity index (χ3v) is 4.06. The zero-order valence-electron chi connectivity index (χ0n) is 16.0. The van der Waals surface area contributed by atoms with Crippen LogP contribution in [-0.2, 0) is 9.47 Å². The molecule has 4 nitrogen and oxygen atoms in total. The lowest BCUT2D eigenvalue weighted by molar-refractivity contribution is 0.0545. The number of aryl methyl sites for hydroxylation is 2. The second kappa shape index (κ2) is 9.44. The van der Waals surface area contributed by atoms with Crippen molar-refractivity contribution in [2.75, 3.05) is 52.5 Å². The molecule has 2 rings (SSSR count). The van der Waals surface area contributed by atoms with Crippen molar-refractivity contribution in [3.05, 3.63) is 47.5 Å². The van der Waals surface area contributed by atoms with Crippen molar-refractivity contribution in [2.45, 2.75) is 13.8 Å². The molecular formula is C21H29NO3. The second-order valence-electron chi connectivity index (χ2n) is 6.35. The minimum absolute atomic E-state index is 0.521. The van der Waals surface area contributed by atoms with Crippen molar-refractivity contribution in [2.24, 2.45) is 0 Å². The molecule has 0 aliphatic rings. The smallest absolute Gasteiger partial charge is 0.142 e. The van der Waals surface area contributed by atoms with E-state index < -0.39 is 0 Å². The van der Waals surface area contributed by atoms with Crippen molar-refractivity contribution < 1.29 is 14.2 Å². The van der Waals surface area contributed by atoms with E-state index >= 15 is 0 Å². The topological polar surface area (TPSA) is 30.9 Å². The van der Waals surface area contributed by atoms with Gasteiger partial charge in [-0.05, 0) is 42.7 Å². The number of hydrogen-bond donors (Lipinski definition) is 0. The molecule has 0 radical (unpaired) electrons. The molecule has 0 aliphatic carbocycles. The Bertz CT molecular complexity index is 683. The van der Waals surface area contributed by atoms with Crippen molar-refractivity contribution in [3.63, 3.8) is 0 Å². The predicted octanol–water partition coefficient (Wildman–Crippen LogP) is 4.08. The van der Waals surface area contributed by atoms with Gasteiger partial charge >= 0.3 is 0 Å². The highest BCUT2D eigenvalue weighted by molar-refractivity contribution is 5.74. The summed E-state index contributed by atoms with van der Waals surface area (Å²) in [6.07, 6.45) is 0. The van der Waals surface area contributed by atoms with Gasteiger partial charge < -0.3 is 19.1 Å². The summed E-state index contributed by atoms with van der Waals surface area (Å²) in [5.41, 5.74) is 6.07. The van der Waals surface area contributed by atoms with Gasteiger partial charge in [-0.2, -0.15) is 0 Å². The highest BCUT2D eigenvalue weighted by Gasteiger charge is 2.10. The summed E-state index contributed by atoms with van der Waals surface area (Å²) in [6, 6.07) is 12.9. The first-order valence-electron chi connectivity index (χ1n) is 8.61. The Morgan fingerprint density at radius 1 is 0.880 bits per heavy atom. The Morgan fingerprint density at radius 3 is 2.36 bits per heavy atom. The van der Waals surface area contributed by atoms with E-state index in [1.165, 1.54) is 22.3 Å². The number of ether oxygens (including phenoxy) is 3. The fraction of sp³-hybridized carbons (Fsp3) is 0.429. The lowest BCUT2D eigenvalue weighted by Gasteiger charge is -2.20. The minimum atomic E-state index is 0.521. The Hall–Kier alpha value is -2.04. The van der Waals surface area contributed by atoms with Crippen LogP contribution < -0.4 is 9.64 Å². The molecule has 0 saturated heterocycles. The Balaban J connectivity index is 2.13. The average Bonchev–Trinajstić information content (AvgIpc) is 2.60. The van der Waals surface area contributed by atoms with Gasteiger partial charge in [0.25, 0.3) is 0 Å². The molecule has 0 aliphatic heterocycles. The molecule has 0 amide bonds. The van der Waals surface area contributed by atoms with Gasteiger partial charge in [-0.25, -0.2) is 0 Å². The van der Waals surface area contributed by atoms with Gasteiger partial charge in [0, 0.05) is 21.2 Å². The van der Waals surface area contributed by atoms with Gasteiger partial charge in [-0.1, -0.05) is 29.8 Å². The van der Waals surface area contributed by atoms with E-state index in [2.05, 4.69) is 49.1 Å². The lowest BCUT2D eigenvalue weighted by atomic mass is 9.98. The minimum Gasteiger partial charge on any atom is -0.489 e. The largest absolute Gasteiger partial charge is 0.489 e. The Labute approximate surface area is 151 Å². The summed E-state index contributed by atoms with van der Waals surface area (Å²) in [5, 5.41) is 0. The van der Waals surface area contributed by atoms with Gasteiger partial charge in [-0.3, -0.25) is 0 Å². The van der Waals surface area contributed by atoms with E-state index in [1.54, 1.807) is 7.11 Å². The summed E-state index contributed by atoms with van der Waals surface area (Å²) in [6.45, 7) is 6.53. The zero-order valence-corrected chi connectivity index (χ0v) is 16.0. The predicted molar refractivity (Wildman–Crippen MR) is 104 cm³/mol. The highest BCUT2D eigenvalue weighted by atomic mass is 16.5. The molecule has 0 heterocycles. The van der Waals surface area contributed by atoms with Crippen molar-refractivity contribution in [3.8, 4) is 16.9 Å². The molecule has 0 unspecified atom stereocenters. The molecule has 0 saturated carbocycles. The molecule has 0 fully saturated rings. The third kappa shape index (κ3) is 5.48. The van der Waals surface area contributed by atoms with Crippen molar-refractivity contribution in [1.29, 1.82) is 0 Å². The van der Waals surface area contributed by atoms with E-state index in [1.807, 2.05) is 20.2 Å². The highest BCUT2D eigenvalue weighted by Crippen LogP contribution is 2.34. The van der Waals surface area contributed by atoms with Crippen LogP contribution >= 0.6 is 0 Å². The lowest BCUT2D eigenvalue weighted by Crippen LogP contribution is -2.14. The molecular weight excluding hydrogens is 314 g/mol. The van der Waals surface area contributed by atoms with Crippen LogP contribution in [0.2, 0.25) is 0 Å². The second-order valence-corrected chi connectivity index (χ2v) is 6.35. The van der Waals surface area contributed by atoms with E-state index in [4.69, 9.17) is 14.2 Å². The van der Waals surface area contributed by atoms with Crippen LogP contribution in [0.15, 0.2) is 36.4 Å². The summed E-state index contributed by atoms with van der Waals surface area (Å²) in [7, 11) is 5.73. The number of anilines is 1. The van der Waals surface area contributed by atoms with Crippen LogP contribution in [0, 0.1) is 13.8 Å². The van der Waals surface area contributed by atoms with Crippen molar-refractivity contribution in [1.82, 2.24) is 0 Å². The Morgan fingerprint density at radius 2 is 1.64 bits per heavy atom. The Kier molecular flexibility index (Phi) is 7.29. The molecule has 0 bridgehead atoms. The molecule has 0 spiro atoms. The van der Waals surface area contributed by atoms with E-state index in [0.717, 1.165) is 11.4 Å². The van der Waals surface area contributed by atoms with Crippen LogP contribution in [0.4, 0.5) is 5.69 Å². The van der Waals surface area contributed by atoms with Crippen LogP contribution in [0.3, 0.4) is 0 Å². The normalized spacial score (nSPS) is 10.8. The standard InChI is InChI=1S/C21H29NO3/c1-16-6-7-17(2)19(14-16)18-8-9-21(20(15-18)22(3)4)25-13-12-24-11-10-23-5/h6-9,14-15H,10-13H2,1-5H3. The maximum atomic E-state index is 5.92. The fourth-order valence-electron chi connectivity index (χ4n) is 2.66. The maximum Gasteiger partial charge on any atom is 0.142 e. The number of methoxy groups -OCH3 is 1. The van der Waals surface area contributed by atoms with Crippen LogP contribution in [0.5, 0.6) is 5.75 Å². The zero-order chi connectivity index (χ0) is 18.2. The molecule has 25 heavy (non-hydrogen) atoms. The monoisotopic (exact) mass is 343 g/mol. The molecule has 136 valence electrons. The first-order chi connectivity index (χ1) is 12.0. The van der Waals surface area contributed by atoms with E-state index in [0.29, 0.717) is 26.4 Å². The number of benzene rings is 2. The van der Waals surface area contributed by atoms with Crippen LogP contribution in [-0.4, -0.2) is 47.6 Å². The SMILES string of the molecule is COCCOCCOc1ccc(-c2cc(C)ccc2C)cc1N(C)C. The van der Waals surface area contributed by atoms with Gasteiger partial charge in [-0.15, -0.1) is 0 Å². The maximum absolute atomic E-state index is 5.92. The summed E-state index contributed by atoms with van der Waals surface area (Å²) in [5.74, 6) is 0.870. The van der Waals surface area contributed by atoms with Crippen LogP contribution in [0.1, 0.15) is 11.1 Å². The molecule has 0 N–H and O–H groups in total. The molecule has 0 aromatic heterocycles. The fourth-order valence-corrected chi connectivity index (χ4v) is 2.66. The van der Waals surface area contributed by atoms with Gasteiger partial charge in [0.15, 0.2) is 0 Å². The van der Waals surface area contributed by atoms with E-state index in [-0.39, 0.29) is 0 Å². The quantitative estimate of drug-likeness (QED) is 0.642. The summed E-state index contributed by atoms with van der Waals surface area (Å²) < 4.78 is 16.3. The summed E-state index contributed by atoms with van der Waals surface area (Å²) >= 11 is 0. The van der Waals surface area contributed by atoms with E-state index in [9.17, 15) is 0 Å². The first kappa shape index (κ1) is 19.3. The molecule has 0 atom stereocenters. The van der Waals surface area contributed by atoms with Gasteiger partial charge in [0.1, 0.15) is 12.4 Å². The number of nitrogens with zero attached hydrogens (tertiary/aromatic N) is 1. The number of rotatable bonds is 9. The number of hydrogen-bond acceptors (Lipinski definition) is 4. The van der Waals surface area contributed by atoms with Crippen molar-refractivity contribution >= 4 is 5.69 Å². The molecule has 2 aromatic rings.